The summed E-state index contributed by atoms with van der Waals surface area (Å²) in [6.45, 7) is 1.67. The molecule has 2 aromatic carbocycles. The van der Waals surface area contributed by atoms with Crippen LogP contribution in [0.5, 0.6) is 0 Å². The van der Waals surface area contributed by atoms with Crippen molar-refractivity contribution in [2.75, 3.05) is 0 Å². The van der Waals surface area contributed by atoms with Crippen LogP contribution in [-0.2, 0) is 13.1 Å². The smallest absolute Gasteiger partial charge is 0.0406 e. The maximum atomic E-state index is 5.82. The molecule has 0 amide bonds. The van der Waals surface area contributed by atoms with Crippen molar-refractivity contribution >= 4 is 23.2 Å². The molecule has 0 aromatic heterocycles. The van der Waals surface area contributed by atoms with E-state index in [1.807, 2.05) is 48.5 Å². The topological polar surface area (TPSA) is 12.0 Å². The van der Waals surface area contributed by atoms with E-state index in [9.17, 15) is 0 Å². The molecule has 0 aliphatic carbocycles. The summed E-state index contributed by atoms with van der Waals surface area (Å²) in [5.41, 5.74) is 2.45. The van der Waals surface area contributed by atoms with Crippen LogP contribution in [0.3, 0.4) is 0 Å². The molecule has 17 heavy (non-hydrogen) atoms. The summed E-state index contributed by atoms with van der Waals surface area (Å²) >= 11 is 11.6. The van der Waals surface area contributed by atoms with Gasteiger partial charge in [-0.15, -0.1) is 0 Å². The molecule has 0 aliphatic rings. The van der Waals surface area contributed by atoms with Gasteiger partial charge in [-0.05, 0) is 35.4 Å². The summed E-state index contributed by atoms with van der Waals surface area (Å²) in [7, 11) is 0. The Morgan fingerprint density at radius 2 is 1.00 bits per heavy atom. The Morgan fingerprint density at radius 1 is 0.647 bits per heavy atom. The summed E-state index contributed by atoms with van der Waals surface area (Å²) in [5, 5.41) is 4.91. The maximum Gasteiger partial charge on any atom is 0.0406 e. The molecule has 2 rings (SSSR count). The van der Waals surface area contributed by atoms with Crippen LogP contribution >= 0.6 is 23.2 Å². The number of nitrogens with one attached hydrogen (secondary N) is 1. The highest BCUT2D eigenvalue weighted by molar-refractivity contribution is 6.30. The number of hydrogen-bond donors (Lipinski definition) is 1. The first-order valence-corrected chi connectivity index (χ1v) is 6.19. The molecule has 0 fully saturated rings. The van der Waals surface area contributed by atoms with Crippen LogP contribution in [-0.4, -0.2) is 0 Å². The van der Waals surface area contributed by atoms with E-state index in [2.05, 4.69) is 5.32 Å². The molecular formula is C14H13Cl2N. The summed E-state index contributed by atoms with van der Waals surface area (Å²) < 4.78 is 0. The van der Waals surface area contributed by atoms with Crippen LogP contribution in [0.4, 0.5) is 0 Å². The molecule has 0 unspecified atom stereocenters. The van der Waals surface area contributed by atoms with Crippen LogP contribution in [0.2, 0.25) is 10.0 Å². The second kappa shape index (κ2) is 6.06. The lowest BCUT2D eigenvalue weighted by molar-refractivity contribution is 0.693. The van der Waals surface area contributed by atoms with Gasteiger partial charge in [-0.2, -0.15) is 0 Å². The minimum absolute atomic E-state index is 0.770. The van der Waals surface area contributed by atoms with Gasteiger partial charge in [0.1, 0.15) is 0 Å². The predicted molar refractivity (Wildman–Crippen MR) is 73.4 cm³/mol. The third-order valence-electron chi connectivity index (χ3n) is 2.48. The van der Waals surface area contributed by atoms with Crippen LogP contribution in [0.1, 0.15) is 11.1 Å². The first-order chi connectivity index (χ1) is 8.24. The van der Waals surface area contributed by atoms with E-state index in [4.69, 9.17) is 23.2 Å². The van der Waals surface area contributed by atoms with Crippen molar-refractivity contribution in [3.05, 3.63) is 69.7 Å². The van der Waals surface area contributed by atoms with Gasteiger partial charge in [-0.25, -0.2) is 0 Å². The highest BCUT2D eigenvalue weighted by Crippen LogP contribution is 2.11. The largest absolute Gasteiger partial charge is 0.309 e. The molecule has 0 aliphatic heterocycles. The van der Waals surface area contributed by atoms with Gasteiger partial charge in [0.15, 0.2) is 0 Å². The van der Waals surface area contributed by atoms with Crippen molar-refractivity contribution in [2.24, 2.45) is 0 Å². The van der Waals surface area contributed by atoms with E-state index in [0.29, 0.717) is 0 Å². The van der Waals surface area contributed by atoms with Gasteiger partial charge in [-0.3, -0.25) is 0 Å². The average Bonchev–Trinajstić information content (AvgIpc) is 2.34. The summed E-state index contributed by atoms with van der Waals surface area (Å²) in [6, 6.07) is 15.7. The molecule has 0 spiro atoms. The SMILES string of the molecule is Clc1ccc(CNCc2ccc(Cl)cc2)cc1. The molecule has 1 nitrogen and oxygen atoms in total. The average molecular weight is 266 g/mol. The fourth-order valence-electron chi connectivity index (χ4n) is 1.56. The number of halogens is 2. The Bertz CT molecular complexity index is 417. The number of benzene rings is 2. The monoisotopic (exact) mass is 265 g/mol. The minimum atomic E-state index is 0.770. The third-order valence-corrected chi connectivity index (χ3v) is 2.99. The molecular weight excluding hydrogens is 253 g/mol. The van der Waals surface area contributed by atoms with Gasteiger partial charge in [0.2, 0.25) is 0 Å². The van der Waals surface area contributed by atoms with Crippen LogP contribution in [0.25, 0.3) is 0 Å². The zero-order valence-corrected chi connectivity index (χ0v) is 10.8. The lowest BCUT2D eigenvalue weighted by atomic mass is 10.2. The van der Waals surface area contributed by atoms with Crippen molar-refractivity contribution in [3.63, 3.8) is 0 Å². The molecule has 88 valence electrons. The number of rotatable bonds is 4. The predicted octanol–water partition coefficient (Wildman–Crippen LogP) is 4.28. The molecule has 0 heterocycles. The van der Waals surface area contributed by atoms with Gasteiger partial charge < -0.3 is 5.32 Å². The van der Waals surface area contributed by atoms with Gasteiger partial charge in [0.05, 0.1) is 0 Å². The van der Waals surface area contributed by atoms with E-state index in [1.165, 1.54) is 11.1 Å². The highest BCUT2D eigenvalue weighted by Gasteiger charge is 1.95. The number of hydrogen-bond acceptors (Lipinski definition) is 1. The first-order valence-electron chi connectivity index (χ1n) is 5.43. The molecule has 1 N–H and O–H groups in total. The van der Waals surface area contributed by atoms with Crippen LogP contribution in [0.15, 0.2) is 48.5 Å². The summed E-state index contributed by atoms with van der Waals surface area (Å²) in [6.07, 6.45) is 0. The Kier molecular flexibility index (Phi) is 4.43. The van der Waals surface area contributed by atoms with Crippen molar-refractivity contribution in [2.45, 2.75) is 13.1 Å². The minimum Gasteiger partial charge on any atom is -0.309 e. The molecule has 0 radical (unpaired) electrons. The molecule has 0 saturated heterocycles. The zero-order valence-electron chi connectivity index (χ0n) is 9.29. The highest BCUT2D eigenvalue weighted by atomic mass is 35.5. The van der Waals surface area contributed by atoms with Crippen LogP contribution < -0.4 is 5.32 Å². The third kappa shape index (κ3) is 4.04. The van der Waals surface area contributed by atoms with Gasteiger partial charge in [0.25, 0.3) is 0 Å². The second-order valence-electron chi connectivity index (χ2n) is 3.86. The zero-order chi connectivity index (χ0) is 12.1. The van der Waals surface area contributed by atoms with E-state index < -0.39 is 0 Å². The fourth-order valence-corrected chi connectivity index (χ4v) is 1.81. The summed E-state index contributed by atoms with van der Waals surface area (Å²) in [4.78, 5) is 0. The fraction of sp³-hybridized carbons (Fsp3) is 0.143. The van der Waals surface area contributed by atoms with E-state index in [0.717, 1.165) is 23.1 Å². The Labute approximate surface area is 111 Å². The van der Waals surface area contributed by atoms with Crippen molar-refractivity contribution in [3.8, 4) is 0 Å². The van der Waals surface area contributed by atoms with Crippen molar-refractivity contribution in [1.82, 2.24) is 5.32 Å². The summed E-state index contributed by atoms with van der Waals surface area (Å²) in [5.74, 6) is 0. The molecule has 0 atom stereocenters. The lowest BCUT2D eigenvalue weighted by Crippen LogP contribution is -2.12. The molecule has 0 saturated carbocycles. The van der Waals surface area contributed by atoms with Crippen LogP contribution in [0, 0.1) is 0 Å². The quantitative estimate of drug-likeness (QED) is 0.870. The molecule has 0 bridgehead atoms. The van der Waals surface area contributed by atoms with Crippen molar-refractivity contribution in [1.29, 1.82) is 0 Å². The molecule has 2 aromatic rings. The standard InChI is InChI=1S/C14H13Cl2N/c15-13-5-1-11(2-6-13)9-17-10-12-3-7-14(16)8-4-12/h1-8,17H,9-10H2. The van der Waals surface area contributed by atoms with E-state index >= 15 is 0 Å². The second-order valence-corrected chi connectivity index (χ2v) is 4.73. The first kappa shape index (κ1) is 12.4. The van der Waals surface area contributed by atoms with E-state index in [1.54, 1.807) is 0 Å². The van der Waals surface area contributed by atoms with Gasteiger partial charge >= 0.3 is 0 Å². The Balaban J connectivity index is 1.83. The van der Waals surface area contributed by atoms with E-state index in [-0.39, 0.29) is 0 Å². The lowest BCUT2D eigenvalue weighted by Gasteiger charge is -2.05. The Hall–Kier alpha value is -1.02. The molecule has 3 heteroatoms. The van der Waals surface area contributed by atoms with Gasteiger partial charge in [0, 0.05) is 23.1 Å². The maximum absolute atomic E-state index is 5.82. The normalized spacial score (nSPS) is 10.5. The van der Waals surface area contributed by atoms with Crippen molar-refractivity contribution < 1.29 is 0 Å². The Morgan fingerprint density at radius 3 is 1.35 bits per heavy atom. The van der Waals surface area contributed by atoms with Gasteiger partial charge in [-0.1, -0.05) is 47.5 Å².